The maximum absolute atomic E-state index is 12.5. The summed E-state index contributed by atoms with van der Waals surface area (Å²) in [6.07, 6.45) is 4.51. The van der Waals surface area contributed by atoms with Crippen LogP contribution in [0.15, 0.2) is 54.6 Å². The fourth-order valence-electron chi connectivity index (χ4n) is 3.21. The molecule has 1 atom stereocenters. The molecule has 4 nitrogen and oxygen atoms in total. The highest BCUT2D eigenvalue weighted by Crippen LogP contribution is 2.40. The first-order chi connectivity index (χ1) is 12.8. The monoisotopic (exact) mass is 367 g/mol. The molecule has 1 amide bonds. The van der Waals surface area contributed by atoms with Crippen molar-refractivity contribution in [3.8, 4) is 11.5 Å². The number of rotatable bonds is 3. The number of thioether (sulfide) groups is 1. The van der Waals surface area contributed by atoms with E-state index < -0.39 is 0 Å². The van der Waals surface area contributed by atoms with Crippen LogP contribution in [0.4, 0.5) is 0 Å². The van der Waals surface area contributed by atoms with Crippen LogP contribution in [0.5, 0.6) is 11.5 Å². The standard InChI is InChI=1S/C21H21NO3S/c23-21(9-6-16-4-2-1-3-5-16)22-11-10-20(26-13-12-22)17-7-8-18-19(14-17)25-15-24-18/h1-9,14,20H,10-13,15H2/b9-6+. The number of carbonyl (C=O) groups excluding carboxylic acids is 1. The minimum atomic E-state index is 0.0841. The van der Waals surface area contributed by atoms with Crippen molar-refractivity contribution >= 4 is 23.7 Å². The summed E-state index contributed by atoms with van der Waals surface area (Å²) in [4.78, 5) is 14.5. The highest BCUT2D eigenvalue weighted by molar-refractivity contribution is 7.99. The van der Waals surface area contributed by atoms with Crippen molar-refractivity contribution in [2.24, 2.45) is 0 Å². The summed E-state index contributed by atoms with van der Waals surface area (Å²) >= 11 is 1.90. The van der Waals surface area contributed by atoms with Gasteiger partial charge in [-0.3, -0.25) is 4.79 Å². The van der Waals surface area contributed by atoms with Crippen LogP contribution in [0, 0.1) is 0 Å². The summed E-state index contributed by atoms with van der Waals surface area (Å²) in [5.41, 5.74) is 2.29. The third kappa shape index (κ3) is 3.88. The molecular formula is C21H21NO3S. The second kappa shape index (κ2) is 7.87. The van der Waals surface area contributed by atoms with E-state index in [4.69, 9.17) is 9.47 Å². The minimum Gasteiger partial charge on any atom is -0.454 e. The zero-order chi connectivity index (χ0) is 17.8. The van der Waals surface area contributed by atoms with E-state index in [1.165, 1.54) is 5.56 Å². The number of hydrogen-bond acceptors (Lipinski definition) is 4. The van der Waals surface area contributed by atoms with Gasteiger partial charge in [0.25, 0.3) is 0 Å². The van der Waals surface area contributed by atoms with Gasteiger partial charge < -0.3 is 14.4 Å². The van der Waals surface area contributed by atoms with E-state index in [0.29, 0.717) is 12.0 Å². The van der Waals surface area contributed by atoms with Crippen LogP contribution >= 0.6 is 11.8 Å². The summed E-state index contributed by atoms with van der Waals surface area (Å²) in [5, 5.41) is 0.375. The molecule has 0 N–H and O–H groups in total. The van der Waals surface area contributed by atoms with Crippen molar-refractivity contribution in [2.45, 2.75) is 11.7 Å². The molecule has 2 aliphatic heterocycles. The zero-order valence-electron chi connectivity index (χ0n) is 14.5. The fraction of sp³-hybridized carbons (Fsp3) is 0.286. The van der Waals surface area contributed by atoms with E-state index in [1.807, 2.05) is 59.1 Å². The number of nitrogens with zero attached hydrogens (tertiary/aromatic N) is 1. The number of fused-ring (bicyclic) bond motifs is 1. The molecule has 1 fully saturated rings. The molecule has 0 bridgehead atoms. The van der Waals surface area contributed by atoms with Gasteiger partial charge >= 0.3 is 0 Å². The lowest BCUT2D eigenvalue weighted by molar-refractivity contribution is -0.125. The Balaban J connectivity index is 1.38. The smallest absolute Gasteiger partial charge is 0.246 e. The number of benzene rings is 2. The van der Waals surface area contributed by atoms with Gasteiger partial charge in [-0.1, -0.05) is 36.4 Å². The minimum absolute atomic E-state index is 0.0841. The van der Waals surface area contributed by atoms with Gasteiger partial charge in [-0.05, 0) is 35.8 Å². The van der Waals surface area contributed by atoms with Gasteiger partial charge in [-0.25, -0.2) is 0 Å². The average Bonchev–Trinajstić information content (AvgIpc) is 3.01. The predicted molar refractivity (Wildman–Crippen MR) is 104 cm³/mol. The lowest BCUT2D eigenvalue weighted by Crippen LogP contribution is -2.31. The van der Waals surface area contributed by atoms with Gasteiger partial charge in [-0.15, -0.1) is 0 Å². The molecule has 2 aromatic carbocycles. The van der Waals surface area contributed by atoms with Gasteiger partial charge in [-0.2, -0.15) is 11.8 Å². The first kappa shape index (κ1) is 17.0. The first-order valence-corrected chi connectivity index (χ1v) is 9.88. The molecule has 0 radical (unpaired) electrons. The van der Waals surface area contributed by atoms with Crippen LogP contribution in [-0.4, -0.2) is 36.4 Å². The Morgan fingerprint density at radius 3 is 2.81 bits per heavy atom. The van der Waals surface area contributed by atoms with Crippen LogP contribution in [0.25, 0.3) is 6.08 Å². The topological polar surface area (TPSA) is 38.8 Å². The SMILES string of the molecule is O=C(/C=C/c1ccccc1)N1CCSC(c2ccc3c(c2)OCO3)CC1. The third-order valence-electron chi connectivity index (χ3n) is 4.64. The molecule has 4 rings (SSSR count). The van der Waals surface area contributed by atoms with Crippen molar-refractivity contribution in [1.82, 2.24) is 4.90 Å². The van der Waals surface area contributed by atoms with Crippen molar-refractivity contribution in [1.29, 1.82) is 0 Å². The number of carbonyl (C=O) groups is 1. The molecule has 134 valence electrons. The zero-order valence-corrected chi connectivity index (χ0v) is 15.3. The lowest BCUT2D eigenvalue weighted by atomic mass is 10.1. The van der Waals surface area contributed by atoms with Crippen molar-refractivity contribution < 1.29 is 14.3 Å². The van der Waals surface area contributed by atoms with E-state index in [2.05, 4.69) is 12.1 Å². The highest BCUT2D eigenvalue weighted by Gasteiger charge is 2.23. The number of ether oxygens (including phenoxy) is 2. The molecule has 1 unspecified atom stereocenters. The summed E-state index contributed by atoms with van der Waals surface area (Å²) < 4.78 is 10.9. The summed E-state index contributed by atoms with van der Waals surface area (Å²) in [6, 6.07) is 16.1. The molecule has 2 aliphatic rings. The molecular weight excluding hydrogens is 346 g/mol. The van der Waals surface area contributed by atoms with E-state index in [1.54, 1.807) is 6.08 Å². The summed E-state index contributed by atoms with van der Waals surface area (Å²) in [5.74, 6) is 2.66. The molecule has 0 spiro atoms. The molecule has 0 aliphatic carbocycles. The van der Waals surface area contributed by atoms with Crippen LogP contribution < -0.4 is 9.47 Å². The Hall–Kier alpha value is -2.40. The van der Waals surface area contributed by atoms with E-state index in [0.717, 1.165) is 42.3 Å². The molecule has 1 saturated heterocycles. The van der Waals surface area contributed by atoms with Gasteiger partial charge in [0, 0.05) is 30.2 Å². The molecule has 5 heteroatoms. The van der Waals surface area contributed by atoms with Crippen LogP contribution in [-0.2, 0) is 4.79 Å². The maximum atomic E-state index is 12.5. The second-order valence-electron chi connectivity index (χ2n) is 6.33. The van der Waals surface area contributed by atoms with Crippen LogP contribution in [0.1, 0.15) is 22.8 Å². The molecule has 26 heavy (non-hydrogen) atoms. The number of amides is 1. The van der Waals surface area contributed by atoms with Crippen molar-refractivity contribution in [3.63, 3.8) is 0 Å². The Kier molecular flexibility index (Phi) is 5.16. The molecule has 2 heterocycles. The summed E-state index contributed by atoms with van der Waals surface area (Å²) in [7, 11) is 0. The number of hydrogen-bond donors (Lipinski definition) is 0. The highest BCUT2D eigenvalue weighted by atomic mass is 32.2. The van der Waals surface area contributed by atoms with E-state index >= 15 is 0 Å². The van der Waals surface area contributed by atoms with E-state index in [9.17, 15) is 4.79 Å². The normalized spacial score (nSPS) is 19.5. The Labute approximate surface area is 157 Å². The Bertz CT molecular complexity index is 806. The van der Waals surface area contributed by atoms with Gasteiger partial charge in [0.15, 0.2) is 11.5 Å². The second-order valence-corrected chi connectivity index (χ2v) is 7.64. The maximum Gasteiger partial charge on any atom is 0.246 e. The van der Waals surface area contributed by atoms with Crippen LogP contribution in [0.3, 0.4) is 0 Å². The first-order valence-electron chi connectivity index (χ1n) is 8.83. The summed E-state index contributed by atoms with van der Waals surface area (Å²) in [6.45, 7) is 1.85. The van der Waals surface area contributed by atoms with Gasteiger partial charge in [0.05, 0.1) is 0 Å². The van der Waals surface area contributed by atoms with E-state index in [-0.39, 0.29) is 5.91 Å². The Morgan fingerprint density at radius 2 is 1.92 bits per heavy atom. The van der Waals surface area contributed by atoms with Gasteiger partial charge in [0.1, 0.15) is 0 Å². The Morgan fingerprint density at radius 1 is 1.08 bits per heavy atom. The van der Waals surface area contributed by atoms with Crippen molar-refractivity contribution in [2.75, 3.05) is 25.6 Å². The van der Waals surface area contributed by atoms with Crippen LogP contribution in [0.2, 0.25) is 0 Å². The third-order valence-corrected chi connectivity index (χ3v) is 5.97. The quantitative estimate of drug-likeness (QED) is 0.765. The van der Waals surface area contributed by atoms with Gasteiger partial charge in [0.2, 0.25) is 12.7 Å². The largest absolute Gasteiger partial charge is 0.454 e. The molecule has 2 aromatic rings. The average molecular weight is 367 g/mol. The lowest BCUT2D eigenvalue weighted by Gasteiger charge is -2.18. The van der Waals surface area contributed by atoms with Crippen molar-refractivity contribution in [3.05, 3.63) is 65.7 Å². The fourth-order valence-corrected chi connectivity index (χ4v) is 4.43. The predicted octanol–water partition coefficient (Wildman–Crippen LogP) is 4.14. The molecule has 0 aromatic heterocycles. The molecule has 0 saturated carbocycles.